The van der Waals surface area contributed by atoms with Gasteiger partial charge in [-0.25, -0.2) is 9.78 Å². The van der Waals surface area contributed by atoms with E-state index in [1.54, 1.807) is 5.38 Å². The molecule has 0 unspecified atom stereocenters. The number of halogens is 1. The van der Waals surface area contributed by atoms with Crippen LogP contribution in [0.15, 0.2) is 29.8 Å². The van der Waals surface area contributed by atoms with Crippen LogP contribution in [0.4, 0.5) is 5.69 Å². The fraction of sp³-hybridized carbons (Fsp3) is 0.0833. The Morgan fingerprint density at radius 2 is 2.21 bits per heavy atom. The first kappa shape index (κ1) is 13.5. The molecule has 0 saturated carbocycles. The second-order valence-electron chi connectivity index (χ2n) is 3.48. The number of benzene rings is 1. The number of rotatable bonds is 3. The van der Waals surface area contributed by atoms with Crippen molar-refractivity contribution in [3.63, 3.8) is 0 Å². The molecular weight excluding hydrogens is 288 g/mol. The van der Waals surface area contributed by atoms with Gasteiger partial charge in [0.1, 0.15) is 0 Å². The fourth-order valence-corrected chi connectivity index (χ4v) is 2.07. The van der Waals surface area contributed by atoms with Crippen molar-refractivity contribution in [2.75, 3.05) is 12.4 Å². The zero-order valence-electron chi connectivity index (χ0n) is 9.84. The van der Waals surface area contributed by atoms with Crippen LogP contribution in [0.25, 0.3) is 0 Å². The smallest absolute Gasteiger partial charge is 0.337 e. The average Bonchev–Trinajstić information content (AvgIpc) is 2.94. The van der Waals surface area contributed by atoms with E-state index in [0.29, 0.717) is 21.3 Å². The van der Waals surface area contributed by atoms with Gasteiger partial charge < -0.3 is 10.1 Å². The summed E-state index contributed by atoms with van der Waals surface area (Å²) in [6, 6.07) is 4.50. The van der Waals surface area contributed by atoms with Gasteiger partial charge in [-0.3, -0.25) is 4.79 Å². The van der Waals surface area contributed by atoms with Crippen LogP contribution in [0.2, 0.25) is 5.02 Å². The Morgan fingerprint density at radius 1 is 1.42 bits per heavy atom. The van der Waals surface area contributed by atoms with Crippen molar-refractivity contribution in [2.24, 2.45) is 0 Å². The summed E-state index contributed by atoms with van der Waals surface area (Å²) in [4.78, 5) is 27.1. The van der Waals surface area contributed by atoms with Gasteiger partial charge in [-0.2, -0.15) is 0 Å². The van der Waals surface area contributed by atoms with Crippen LogP contribution in [0, 0.1) is 0 Å². The maximum Gasteiger partial charge on any atom is 0.337 e. The minimum absolute atomic E-state index is 0.307. The summed E-state index contributed by atoms with van der Waals surface area (Å²) in [6.07, 6.45) is 1.53. The molecule has 0 saturated heterocycles. The molecule has 1 aromatic heterocycles. The number of nitrogens with one attached hydrogen (secondary N) is 1. The molecule has 1 N–H and O–H groups in total. The van der Waals surface area contributed by atoms with Crippen LogP contribution in [-0.2, 0) is 4.74 Å². The Kier molecular flexibility index (Phi) is 4.13. The highest BCUT2D eigenvalue weighted by Crippen LogP contribution is 2.24. The molecule has 0 aliphatic carbocycles. The Hall–Kier alpha value is -1.92. The van der Waals surface area contributed by atoms with Gasteiger partial charge in [0.15, 0.2) is 5.01 Å². The summed E-state index contributed by atoms with van der Waals surface area (Å²) >= 11 is 7.18. The van der Waals surface area contributed by atoms with Crippen molar-refractivity contribution < 1.29 is 14.3 Å². The largest absolute Gasteiger partial charge is 0.465 e. The summed E-state index contributed by atoms with van der Waals surface area (Å²) in [7, 11) is 1.28. The average molecular weight is 297 g/mol. The number of carbonyl (C=O) groups excluding carboxylic acids is 2. The number of esters is 1. The number of thiazole rings is 1. The van der Waals surface area contributed by atoms with Crippen molar-refractivity contribution in [3.05, 3.63) is 45.4 Å². The van der Waals surface area contributed by atoms with Gasteiger partial charge in [-0.05, 0) is 18.2 Å². The highest BCUT2D eigenvalue weighted by atomic mass is 35.5. The SMILES string of the molecule is COC(=O)c1ccc(Cl)c(NC(=O)c2nccs2)c1. The maximum absolute atomic E-state index is 11.8. The fourth-order valence-electron chi connectivity index (χ4n) is 1.38. The first-order valence-electron chi connectivity index (χ1n) is 5.20. The lowest BCUT2D eigenvalue weighted by Crippen LogP contribution is -2.12. The molecule has 0 radical (unpaired) electrons. The number of methoxy groups -OCH3 is 1. The second-order valence-corrected chi connectivity index (χ2v) is 4.78. The number of amides is 1. The van der Waals surface area contributed by atoms with E-state index in [0.717, 1.165) is 0 Å². The van der Waals surface area contributed by atoms with Crippen LogP contribution in [0.1, 0.15) is 20.2 Å². The summed E-state index contributed by atoms with van der Waals surface area (Å²) in [5.74, 6) is -0.875. The lowest BCUT2D eigenvalue weighted by molar-refractivity contribution is 0.0600. The molecule has 2 aromatic rings. The second kappa shape index (κ2) is 5.81. The number of aromatic nitrogens is 1. The number of nitrogens with zero attached hydrogens (tertiary/aromatic N) is 1. The summed E-state index contributed by atoms with van der Waals surface area (Å²) in [6.45, 7) is 0. The van der Waals surface area contributed by atoms with Gasteiger partial charge in [-0.1, -0.05) is 11.6 Å². The van der Waals surface area contributed by atoms with Crippen LogP contribution in [0.5, 0.6) is 0 Å². The van der Waals surface area contributed by atoms with E-state index >= 15 is 0 Å². The summed E-state index contributed by atoms with van der Waals surface area (Å²) in [5.41, 5.74) is 0.645. The third kappa shape index (κ3) is 3.10. The van der Waals surface area contributed by atoms with E-state index in [2.05, 4.69) is 15.0 Å². The van der Waals surface area contributed by atoms with E-state index in [9.17, 15) is 9.59 Å². The predicted molar refractivity (Wildman–Crippen MR) is 72.9 cm³/mol. The number of ether oxygens (including phenoxy) is 1. The Balaban J connectivity index is 2.24. The van der Waals surface area contributed by atoms with Gasteiger partial charge in [0.25, 0.3) is 5.91 Å². The molecule has 2 rings (SSSR count). The first-order valence-corrected chi connectivity index (χ1v) is 6.46. The maximum atomic E-state index is 11.8. The molecule has 5 nitrogen and oxygen atoms in total. The highest BCUT2D eigenvalue weighted by molar-refractivity contribution is 7.11. The van der Waals surface area contributed by atoms with E-state index in [4.69, 9.17) is 11.6 Å². The lowest BCUT2D eigenvalue weighted by atomic mass is 10.2. The van der Waals surface area contributed by atoms with E-state index in [1.165, 1.54) is 42.8 Å². The topological polar surface area (TPSA) is 68.3 Å². The predicted octanol–water partition coefficient (Wildman–Crippen LogP) is 2.84. The normalized spacial score (nSPS) is 10.0. The first-order chi connectivity index (χ1) is 9.11. The van der Waals surface area contributed by atoms with Gasteiger partial charge in [-0.15, -0.1) is 11.3 Å². The monoisotopic (exact) mass is 296 g/mol. The number of anilines is 1. The van der Waals surface area contributed by atoms with Crippen LogP contribution in [-0.4, -0.2) is 24.0 Å². The highest BCUT2D eigenvalue weighted by Gasteiger charge is 2.13. The minimum atomic E-state index is -0.499. The third-order valence-electron chi connectivity index (χ3n) is 2.26. The van der Waals surface area contributed by atoms with E-state index < -0.39 is 5.97 Å². The molecule has 1 amide bonds. The van der Waals surface area contributed by atoms with Crippen molar-refractivity contribution in [1.29, 1.82) is 0 Å². The quantitative estimate of drug-likeness (QED) is 0.884. The van der Waals surface area contributed by atoms with Crippen molar-refractivity contribution >= 4 is 40.5 Å². The Morgan fingerprint density at radius 3 is 2.84 bits per heavy atom. The summed E-state index contributed by atoms with van der Waals surface area (Å²) in [5, 5.41) is 4.95. The Labute approximate surface area is 118 Å². The molecule has 0 fully saturated rings. The Bertz CT molecular complexity index is 613. The van der Waals surface area contributed by atoms with Gasteiger partial charge in [0, 0.05) is 11.6 Å². The standard InChI is InChI=1S/C12H9ClN2O3S/c1-18-12(17)7-2-3-8(13)9(6-7)15-10(16)11-14-4-5-19-11/h2-6H,1H3,(H,15,16). The molecule has 0 spiro atoms. The number of carbonyl (C=O) groups is 2. The molecule has 0 aliphatic rings. The molecule has 98 valence electrons. The third-order valence-corrected chi connectivity index (χ3v) is 3.36. The van der Waals surface area contributed by atoms with E-state index in [-0.39, 0.29) is 5.91 Å². The number of hydrogen-bond donors (Lipinski definition) is 1. The molecule has 1 heterocycles. The van der Waals surface area contributed by atoms with Gasteiger partial charge in [0.2, 0.25) is 0 Å². The van der Waals surface area contributed by atoms with Gasteiger partial charge in [0.05, 0.1) is 23.4 Å². The van der Waals surface area contributed by atoms with Crippen LogP contribution in [0.3, 0.4) is 0 Å². The zero-order valence-corrected chi connectivity index (χ0v) is 11.4. The summed E-state index contributed by atoms with van der Waals surface area (Å²) < 4.78 is 4.60. The van der Waals surface area contributed by atoms with E-state index in [1.807, 2.05) is 0 Å². The molecule has 19 heavy (non-hydrogen) atoms. The molecule has 0 aliphatic heterocycles. The van der Waals surface area contributed by atoms with Gasteiger partial charge >= 0.3 is 5.97 Å². The molecule has 1 aromatic carbocycles. The number of hydrogen-bond acceptors (Lipinski definition) is 5. The molecule has 0 atom stereocenters. The lowest BCUT2D eigenvalue weighted by Gasteiger charge is -2.07. The van der Waals surface area contributed by atoms with Crippen molar-refractivity contribution in [3.8, 4) is 0 Å². The van der Waals surface area contributed by atoms with Crippen LogP contribution < -0.4 is 5.32 Å². The zero-order chi connectivity index (χ0) is 13.8. The van der Waals surface area contributed by atoms with Crippen molar-refractivity contribution in [1.82, 2.24) is 4.98 Å². The van der Waals surface area contributed by atoms with Crippen molar-refractivity contribution in [2.45, 2.75) is 0 Å². The van der Waals surface area contributed by atoms with Crippen LogP contribution >= 0.6 is 22.9 Å². The molecule has 7 heteroatoms. The minimum Gasteiger partial charge on any atom is -0.465 e. The molecule has 0 bridgehead atoms. The molecular formula is C12H9ClN2O3S.